The van der Waals surface area contributed by atoms with Crippen molar-refractivity contribution in [2.45, 2.75) is 11.8 Å². The van der Waals surface area contributed by atoms with Gasteiger partial charge in [-0.25, -0.2) is 18.4 Å². The first-order valence-electron chi connectivity index (χ1n) is 7.12. The number of rotatable bonds is 6. The molecule has 2 rings (SSSR count). The van der Waals surface area contributed by atoms with E-state index in [0.717, 1.165) is 6.07 Å². The summed E-state index contributed by atoms with van der Waals surface area (Å²) in [7, 11) is -2.49. The maximum Gasteiger partial charge on any atom is 0.335 e. The van der Waals surface area contributed by atoms with Gasteiger partial charge in [0.15, 0.2) is 5.75 Å². The van der Waals surface area contributed by atoms with Crippen molar-refractivity contribution in [1.29, 1.82) is 0 Å². The van der Waals surface area contributed by atoms with Crippen LogP contribution < -0.4 is 14.8 Å². The molecule has 0 fully saturated rings. The molecule has 0 aliphatic rings. The van der Waals surface area contributed by atoms with Gasteiger partial charge in [0.25, 0.3) is 0 Å². The van der Waals surface area contributed by atoms with Crippen LogP contribution in [-0.4, -0.2) is 33.1 Å². The molecule has 0 radical (unpaired) electrons. The summed E-state index contributed by atoms with van der Waals surface area (Å²) in [6.07, 6.45) is 0. The van der Waals surface area contributed by atoms with Crippen LogP contribution >= 0.6 is 0 Å². The molecular formula is C16H18N2O5S. The van der Waals surface area contributed by atoms with E-state index in [1.54, 1.807) is 42.3 Å². The van der Waals surface area contributed by atoms with E-state index in [0.29, 0.717) is 18.0 Å². The lowest BCUT2D eigenvalue weighted by Crippen LogP contribution is -2.20. The maximum atomic E-state index is 12.0. The van der Waals surface area contributed by atoms with Gasteiger partial charge >= 0.3 is 5.97 Å². The molecule has 0 saturated carbocycles. The molecule has 0 spiro atoms. The second-order valence-electron chi connectivity index (χ2n) is 5.10. The van der Waals surface area contributed by atoms with Crippen LogP contribution in [0.3, 0.4) is 0 Å². The molecule has 8 heteroatoms. The topological polar surface area (TPSA) is 110 Å². The number of sulfonamides is 1. The highest BCUT2D eigenvalue weighted by molar-refractivity contribution is 7.89. The van der Waals surface area contributed by atoms with Crippen LogP contribution in [0.4, 0.5) is 5.69 Å². The number of para-hydroxylation sites is 1. The third-order valence-electron chi connectivity index (χ3n) is 3.44. The number of hydrogen-bond donors (Lipinski definition) is 2. The molecule has 3 N–H and O–H groups in total. The molecule has 0 unspecified atom stereocenters. The number of primary sulfonamides is 1. The van der Waals surface area contributed by atoms with Crippen LogP contribution in [-0.2, 0) is 10.0 Å². The number of carboxylic acid groups (broad SMARTS) is 1. The first-order chi connectivity index (χ1) is 11.2. The van der Waals surface area contributed by atoms with Crippen molar-refractivity contribution < 1.29 is 23.1 Å². The Morgan fingerprint density at radius 3 is 2.38 bits per heavy atom. The molecule has 0 atom stereocenters. The number of aromatic carboxylic acids is 1. The highest BCUT2D eigenvalue weighted by Gasteiger charge is 2.24. The zero-order valence-corrected chi connectivity index (χ0v) is 14.1. The minimum absolute atomic E-state index is 0.00181. The molecule has 0 heterocycles. The largest absolute Gasteiger partial charge is 0.478 e. The Morgan fingerprint density at radius 2 is 1.88 bits per heavy atom. The van der Waals surface area contributed by atoms with Gasteiger partial charge in [0.05, 0.1) is 11.3 Å². The average Bonchev–Trinajstić information content (AvgIpc) is 2.53. The lowest BCUT2D eigenvalue weighted by molar-refractivity contribution is 0.0696. The molecule has 0 aliphatic heterocycles. The van der Waals surface area contributed by atoms with E-state index in [4.69, 9.17) is 9.88 Å². The van der Waals surface area contributed by atoms with Crippen LogP contribution in [0.2, 0.25) is 0 Å². The Labute approximate surface area is 140 Å². The molecule has 2 aromatic carbocycles. The van der Waals surface area contributed by atoms with Gasteiger partial charge in [0.2, 0.25) is 10.0 Å². The monoisotopic (exact) mass is 350 g/mol. The smallest absolute Gasteiger partial charge is 0.335 e. The van der Waals surface area contributed by atoms with E-state index in [-0.39, 0.29) is 16.2 Å². The molecule has 0 saturated heterocycles. The highest BCUT2D eigenvalue weighted by Crippen LogP contribution is 2.38. The lowest BCUT2D eigenvalue weighted by atomic mass is 10.1. The summed E-state index contributed by atoms with van der Waals surface area (Å²) in [5.41, 5.74) is 0.139. The van der Waals surface area contributed by atoms with Gasteiger partial charge < -0.3 is 14.7 Å². The number of benzene rings is 2. The molecule has 7 nitrogen and oxygen atoms in total. The zero-order valence-electron chi connectivity index (χ0n) is 13.3. The van der Waals surface area contributed by atoms with E-state index in [9.17, 15) is 18.3 Å². The van der Waals surface area contributed by atoms with Crippen LogP contribution in [0, 0.1) is 0 Å². The standard InChI is InChI=1S/C16H18N2O5S/c1-3-18(2)13-9-11(16(19)20)10-14(24(17,21)22)15(13)23-12-7-5-4-6-8-12/h4-10H,3H2,1-2H3,(H,19,20)(H2,17,21,22). The highest BCUT2D eigenvalue weighted by atomic mass is 32.2. The number of hydrogen-bond acceptors (Lipinski definition) is 5. The van der Waals surface area contributed by atoms with Crippen molar-refractivity contribution in [2.75, 3.05) is 18.5 Å². The number of carbonyl (C=O) groups is 1. The molecule has 0 amide bonds. The van der Waals surface area contributed by atoms with Crippen molar-refractivity contribution in [1.82, 2.24) is 0 Å². The Kier molecular flexibility index (Phi) is 5.10. The summed E-state index contributed by atoms with van der Waals surface area (Å²) >= 11 is 0. The van der Waals surface area contributed by atoms with Gasteiger partial charge in [-0.05, 0) is 31.2 Å². The van der Waals surface area contributed by atoms with Crippen molar-refractivity contribution >= 4 is 21.7 Å². The number of carboxylic acids is 1. The van der Waals surface area contributed by atoms with Crippen LogP contribution in [0.15, 0.2) is 47.4 Å². The summed E-state index contributed by atoms with van der Waals surface area (Å²) in [5, 5.41) is 14.5. The van der Waals surface area contributed by atoms with Crippen LogP contribution in [0.25, 0.3) is 0 Å². The first kappa shape index (κ1) is 17.8. The summed E-state index contributed by atoms with van der Waals surface area (Å²) in [5.74, 6) is -0.841. The van der Waals surface area contributed by atoms with Gasteiger partial charge in [-0.3, -0.25) is 0 Å². The van der Waals surface area contributed by atoms with E-state index in [1.165, 1.54) is 6.07 Å². The Hall–Kier alpha value is -2.58. The van der Waals surface area contributed by atoms with E-state index in [1.807, 2.05) is 6.92 Å². The third kappa shape index (κ3) is 3.84. The molecule has 24 heavy (non-hydrogen) atoms. The third-order valence-corrected chi connectivity index (χ3v) is 4.35. The van der Waals surface area contributed by atoms with Gasteiger partial charge in [-0.1, -0.05) is 18.2 Å². The van der Waals surface area contributed by atoms with Crippen LogP contribution in [0.1, 0.15) is 17.3 Å². The van der Waals surface area contributed by atoms with E-state index < -0.39 is 16.0 Å². The van der Waals surface area contributed by atoms with Gasteiger partial charge in [-0.2, -0.15) is 0 Å². The lowest BCUT2D eigenvalue weighted by Gasteiger charge is -2.23. The Balaban J connectivity index is 2.74. The van der Waals surface area contributed by atoms with Crippen molar-refractivity contribution in [2.24, 2.45) is 5.14 Å². The summed E-state index contributed by atoms with van der Waals surface area (Å²) in [6.45, 7) is 2.36. The normalized spacial score (nSPS) is 11.1. The van der Waals surface area contributed by atoms with E-state index in [2.05, 4.69) is 0 Å². The summed E-state index contributed by atoms with van der Waals surface area (Å²) in [4.78, 5) is 12.6. The molecule has 0 bridgehead atoms. The fraction of sp³-hybridized carbons (Fsp3) is 0.188. The van der Waals surface area contributed by atoms with Crippen LogP contribution in [0.5, 0.6) is 11.5 Å². The fourth-order valence-corrected chi connectivity index (χ4v) is 2.78. The predicted molar refractivity (Wildman–Crippen MR) is 90.2 cm³/mol. The fourth-order valence-electron chi connectivity index (χ4n) is 2.09. The SMILES string of the molecule is CCN(C)c1cc(C(=O)O)cc(S(N)(=O)=O)c1Oc1ccccc1. The Bertz CT molecular complexity index is 850. The van der Waals surface area contributed by atoms with Crippen molar-refractivity contribution in [3.63, 3.8) is 0 Å². The second-order valence-corrected chi connectivity index (χ2v) is 6.63. The number of ether oxygens (including phenoxy) is 1. The van der Waals surface area contributed by atoms with Gasteiger partial charge in [0, 0.05) is 13.6 Å². The number of anilines is 1. The quantitative estimate of drug-likeness (QED) is 0.827. The summed E-state index contributed by atoms with van der Waals surface area (Å²) in [6, 6.07) is 10.9. The number of nitrogens with zero attached hydrogens (tertiary/aromatic N) is 1. The first-order valence-corrected chi connectivity index (χ1v) is 8.66. The average molecular weight is 350 g/mol. The number of nitrogens with two attached hydrogens (primary N) is 1. The molecule has 0 aromatic heterocycles. The predicted octanol–water partition coefficient (Wildman–Crippen LogP) is 2.28. The molecule has 128 valence electrons. The molecule has 0 aliphatic carbocycles. The minimum atomic E-state index is -4.19. The summed E-state index contributed by atoms with van der Waals surface area (Å²) < 4.78 is 29.7. The zero-order chi connectivity index (χ0) is 17.9. The van der Waals surface area contributed by atoms with E-state index >= 15 is 0 Å². The van der Waals surface area contributed by atoms with Gasteiger partial charge in [-0.15, -0.1) is 0 Å². The van der Waals surface area contributed by atoms with Gasteiger partial charge in [0.1, 0.15) is 10.6 Å². The Morgan fingerprint density at radius 1 is 1.25 bits per heavy atom. The maximum absolute atomic E-state index is 12.0. The molecular weight excluding hydrogens is 332 g/mol. The second kappa shape index (κ2) is 6.90. The minimum Gasteiger partial charge on any atom is -0.478 e. The van der Waals surface area contributed by atoms with Crippen molar-refractivity contribution in [3.8, 4) is 11.5 Å². The molecule has 2 aromatic rings. The van der Waals surface area contributed by atoms with Crippen molar-refractivity contribution in [3.05, 3.63) is 48.0 Å².